The number of aromatic nitrogens is 1. The maximum atomic E-state index is 12.2. The van der Waals surface area contributed by atoms with E-state index in [1.807, 2.05) is 4.90 Å². The lowest BCUT2D eigenvalue weighted by Crippen LogP contribution is -2.35. The predicted molar refractivity (Wildman–Crippen MR) is 81.7 cm³/mol. The van der Waals surface area contributed by atoms with Gasteiger partial charge in [-0.15, -0.1) is 0 Å². The Hall–Kier alpha value is -1.77. The molecule has 0 N–H and O–H groups in total. The molecule has 0 unspecified atom stereocenters. The second-order valence-corrected chi connectivity index (χ2v) is 5.72. The van der Waals surface area contributed by atoms with Crippen LogP contribution in [-0.2, 0) is 18.3 Å². The van der Waals surface area contributed by atoms with E-state index in [1.165, 1.54) is 35.7 Å². The largest absolute Gasteiger partial charge is 0.350 e. The molecule has 0 atom stereocenters. The van der Waals surface area contributed by atoms with Gasteiger partial charge in [-0.2, -0.15) is 0 Å². The molecule has 3 nitrogen and oxygen atoms in total. The third-order valence-corrected chi connectivity index (χ3v) is 4.30. The summed E-state index contributed by atoms with van der Waals surface area (Å²) >= 11 is 0. The summed E-state index contributed by atoms with van der Waals surface area (Å²) in [5.74, 6) is 0.317. The van der Waals surface area contributed by atoms with Gasteiger partial charge < -0.3 is 9.47 Å². The van der Waals surface area contributed by atoms with Gasteiger partial charge in [0, 0.05) is 43.7 Å². The number of nitrogens with zero attached hydrogens (tertiary/aromatic N) is 2. The number of fused-ring (bicyclic) bond motifs is 1. The Labute approximate surface area is 120 Å². The lowest BCUT2D eigenvalue weighted by Gasteiger charge is -2.26. The van der Waals surface area contributed by atoms with Crippen molar-refractivity contribution in [2.75, 3.05) is 13.1 Å². The first-order valence-electron chi connectivity index (χ1n) is 7.56. The third-order valence-electron chi connectivity index (χ3n) is 4.30. The first-order chi connectivity index (χ1) is 9.75. The number of carbonyl (C=O) groups is 1. The lowest BCUT2D eigenvalue weighted by molar-refractivity contribution is -0.132. The van der Waals surface area contributed by atoms with Crippen molar-refractivity contribution in [3.63, 3.8) is 0 Å². The molecule has 2 aromatic rings. The maximum absolute atomic E-state index is 12.2. The molecule has 1 aromatic heterocycles. The minimum Gasteiger partial charge on any atom is -0.350 e. The van der Waals surface area contributed by atoms with E-state index in [-0.39, 0.29) is 0 Å². The number of para-hydroxylation sites is 1. The molecule has 0 bridgehead atoms. The number of piperidine rings is 1. The SMILES string of the molecule is Cn1cc(CCC(=O)N2CCCCC2)c2ccccc21. The quantitative estimate of drug-likeness (QED) is 0.841. The fourth-order valence-electron chi connectivity index (χ4n) is 3.17. The van der Waals surface area contributed by atoms with Crippen molar-refractivity contribution >= 4 is 16.8 Å². The van der Waals surface area contributed by atoms with E-state index >= 15 is 0 Å². The molecule has 20 heavy (non-hydrogen) atoms. The molecular formula is C17H22N2O. The van der Waals surface area contributed by atoms with Crippen LogP contribution in [0.5, 0.6) is 0 Å². The van der Waals surface area contributed by atoms with Gasteiger partial charge in [0.1, 0.15) is 0 Å². The number of benzene rings is 1. The fourth-order valence-corrected chi connectivity index (χ4v) is 3.17. The Bertz CT molecular complexity index is 608. The van der Waals surface area contributed by atoms with Crippen LogP contribution in [0, 0.1) is 0 Å². The standard InChI is InChI=1S/C17H22N2O/c1-18-13-14(15-7-3-4-8-16(15)18)9-10-17(20)19-11-5-2-6-12-19/h3-4,7-8,13H,2,5-6,9-12H2,1H3. The number of aryl methyl sites for hydroxylation is 2. The summed E-state index contributed by atoms with van der Waals surface area (Å²) < 4.78 is 2.15. The van der Waals surface area contributed by atoms with E-state index in [2.05, 4.69) is 42.1 Å². The number of hydrogen-bond acceptors (Lipinski definition) is 1. The first kappa shape index (κ1) is 13.2. The van der Waals surface area contributed by atoms with E-state index < -0.39 is 0 Å². The van der Waals surface area contributed by atoms with Gasteiger partial charge in [-0.25, -0.2) is 0 Å². The molecule has 1 fully saturated rings. The van der Waals surface area contributed by atoms with Crippen molar-refractivity contribution in [3.8, 4) is 0 Å². The van der Waals surface area contributed by atoms with Gasteiger partial charge >= 0.3 is 0 Å². The molecule has 0 spiro atoms. The van der Waals surface area contributed by atoms with Crippen molar-refractivity contribution in [1.82, 2.24) is 9.47 Å². The maximum Gasteiger partial charge on any atom is 0.222 e. The molecule has 1 aliphatic rings. The molecule has 3 rings (SSSR count). The second kappa shape index (κ2) is 5.70. The highest BCUT2D eigenvalue weighted by molar-refractivity contribution is 5.85. The molecule has 106 valence electrons. The highest BCUT2D eigenvalue weighted by Crippen LogP contribution is 2.22. The summed E-state index contributed by atoms with van der Waals surface area (Å²) in [6, 6.07) is 8.41. The zero-order chi connectivity index (χ0) is 13.9. The van der Waals surface area contributed by atoms with Crippen molar-refractivity contribution < 1.29 is 4.79 Å². The van der Waals surface area contributed by atoms with E-state index in [1.54, 1.807) is 0 Å². The van der Waals surface area contributed by atoms with Gasteiger partial charge in [-0.3, -0.25) is 4.79 Å². The van der Waals surface area contributed by atoms with Crippen molar-refractivity contribution in [3.05, 3.63) is 36.0 Å². The van der Waals surface area contributed by atoms with Crippen molar-refractivity contribution in [2.24, 2.45) is 7.05 Å². The van der Waals surface area contributed by atoms with Crippen LogP contribution in [0.4, 0.5) is 0 Å². The van der Waals surface area contributed by atoms with Crippen LogP contribution in [0.1, 0.15) is 31.2 Å². The van der Waals surface area contributed by atoms with Gasteiger partial charge in [-0.1, -0.05) is 18.2 Å². The zero-order valence-corrected chi connectivity index (χ0v) is 12.1. The van der Waals surface area contributed by atoms with Gasteiger partial charge in [0.05, 0.1) is 0 Å². The topological polar surface area (TPSA) is 25.2 Å². The lowest BCUT2D eigenvalue weighted by atomic mass is 10.1. The van der Waals surface area contributed by atoms with Crippen LogP contribution in [0.2, 0.25) is 0 Å². The molecule has 1 amide bonds. The summed E-state index contributed by atoms with van der Waals surface area (Å²) in [5, 5.41) is 1.28. The molecular weight excluding hydrogens is 248 g/mol. The van der Waals surface area contributed by atoms with Crippen molar-refractivity contribution in [1.29, 1.82) is 0 Å². The Balaban J connectivity index is 1.69. The van der Waals surface area contributed by atoms with E-state index in [0.29, 0.717) is 12.3 Å². The van der Waals surface area contributed by atoms with Gasteiger partial charge in [-0.05, 0) is 37.3 Å². The number of carbonyl (C=O) groups excluding carboxylic acids is 1. The van der Waals surface area contributed by atoms with Crippen LogP contribution in [0.3, 0.4) is 0 Å². The zero-order valence-electron chi connectivity index (χ0n) is 12.1. The average Bonchev–Trinajstić information content (AvgIpc) is 2.83. The normalized spacial score (nSPS) is 15.8. The van der Waals surface area contributed by atoms with Crippen LogP contribution < -0.4 is 0 Å². The Morgan fingerprint density at radius 2 is 1.90 bits per heavy atom. The Morgan fingerprint density at radius 3 is 2.70 bits per heavy atom. The predicted octanol–water partition coefficient (Wildman–Crippen LogP) is 3.12. The van der Waals surface area contributed by atoms with Crippen LogP contribution >= 0.6 is 0 Å². The monoisotopic (exact) mass is 270 g/mol. The molecule has 1 aliphatic heterocycles. The fraction of sp³-hybridized carbons (Fsp3) is 0.471. The summed E-state index contributed by atoms with van der Waals surface area (Å²) in [5.41, 5.74) is 2.53. The van der Waals surface area contributed by atoms with E-state index in [9.17, 15) is 4.79 Å². The van der Waals surface area contributed by atoms with Crippen molar-refractivity contribution in [2.45, 2.75) is 32.1 Å². The first-order valence-corrected chi connectivity index (χ1v) is 7.56. The van der Waals surface area contributed by atoms with Crippen LogP contribution in [0.25, 0.3) is 10.9 Å². The molecule has 0 radical (unpaired) electrons. The summed E-state index contributed by atoms with van der Waals surface area (Å²) in [7, 11) is 2.07. The summed E-state index contributed by atoms with van der Waals surface area (Å²) in [6.07, 6.45) is 7.24. The van der Waals surface area contributed by atoms with Crippen LogP contribution in [0.15, 0.2) is 30.5 Å². The third kappa shape index (κ3) is 2.58. The average molecular weight is 270 g/mol. The minimum atomic E-state index is 0.317. The smallest absolute Gasteiger partial charge is 0.222 e. The molecule has 1 aromatic carbocycles. The summed E-state index contributed by atoms with van der Waals surface area (Å²) in [6.45, 7) is 1.91. The summed E-state index contributed by atoms with van der Waals surface area (Å²) in [4.78, 5) is 14.3. The van der Waals surface area contributed by atoms with E-state index in [0.717, 1.165) is 19.5 Å². The van der Waals surface area contributed by atoms with Gasteiger partial charge in [0.15, 0.2) is 0 Å². The molecule has 0 saturated carbocycles. The number of rotatable bonds is 3. The number of amides is 1. The number of likely N-dealkylation sites (tertiary alicyclic amines) is 1. The molecule has 2 heterocycles. The molecule has 0 aliphatic carbocycles. The highest BCUT2D eigenvalue weighted by atomic mass is 16.2. The number of hydrogen-bond donors (Lipinski definition) is 0. The molecule has 1 saturated heterocycles. The Kier molecular flexibility index (Phi) is 3.77. The minimum absolute atomic E-state index is 0.317. The molecule has 3 heteroatoms. The van der Waals surface area contributed by atoms with Gasteiger partial charge in [0.25, 0.3) is 0 Å². The Morgan fingerprint density at radius 1 is 1.15 bits per heavy atom. The highest BCUT2D eigenvalue weighted by Gasteiger charge is 2.16. The van der Waals surface area contributed by atoms with E-state index in [4.69, 9.17) is 0 Å². The second-order valence-electron chi connectivity index (χ2n) is 5.72. The van der Waals surface area contributed by atoms with Crippen LogP contribution in [-0.4, -0.2) is 28.5 Å². The van der Waals surface area contributed by atoms with Gasteiger partial charge in [0.2, 0.25) is 5.91 Å².